The number of aromatic nitrogens is 1. The van der Waals surface area contributed by atoms with Crippen molar-refractivity contribution in [2.45, 2.75) is 18.1 Å². The quantitative estimate of drug-likeness (QED) is 0.833. The molecule has 66 valence electrons. The van der Waals surface area contributed by atoms with Gasteiger partial charge in [-0.25, -0.2) is 4.98 Å². The van der Waals surface area contributed by atoms with Gasteiger partial charge >= 0.3 is 0 Å². The summed E-state index contributed by atoms with van der Waals surface area (Å²) in [6.07, 6.45) is 1.46. The minimum absolute atomic E-state index is 0.288. The fourth-order valence-electron chi connectivity index (χ4n) is 0.677. The number of thioether (sulfide) groups is 1. The molecule has 1 aromatic heterocycles. The molecule has 1 aromatic rings. The molecular formula is C8H10BrNOS. The van der Waals surface area contributed by atoms with E-state index in [0.717, 1.165) is 9.50 Å². The van der Waals surface area contributed by atoms with Crippen LogP contribution in [0.3, 0.4) is 0 Å². The van der Waals surface area contributed by atoms with Crippen LogP contribution < -0.4 is 0 Å². The summed E-state index contributed by atoms with van der Waals surface area (Å²) in [4.78, 5) is 4.16. The first-order chi connectivity index (χ1) is 5.70. The Kier molecular flexibility index (Phi) is 4.05. The van der Waals surface area contributed by atoms with Crippen LogP contribution in [0.1, 0.15) is 6.92 Å². The van der Waals surface area contributed by atoms with Gasteiger partial charge in [-0.1, -0.05) is 0 Å². The van der Waals surface area contributed by atoms with Crippen molar-refractivity contribution in [1.29, 1.82) is 0 Å². The van der Waals surface area contributed by atoms with Crippen molar-refractivity contribution in [2.24, 2.45) is 0 Å². The van der Waals surface area contributed by atoms with Gasteiger partial charge in [0.25, 0.3) is 0 Å². The molecule has 0 aromatic carbocycles. The number of pyridine rings is 1. The van der Waals surface area contributed by atoms with E-state index in [4.69, 9.17) is 5.11 Å². The van der Waals surface area contributed by atoms with Crippen LogP contribution in [0.4, 0.5) is 0 Å². The second kappa shape index (κ2) is 4.84. The van der Waals surface area contributed by atoms with Gasteiger partial charge in [0, 0.05) is 16.4 Å². The number of aliphatic hydroxyl groups is 1. The standard InChI is InChI=1S/C8H10BrNOS/c1-6(11)5-12-8-7(9)3-2-4-10-8/h2-4,6,11H,5H2,1H3. The molecule has 1 N–H and O–H groups in total. The fourth-order valence-corrected chi connectivity index (χ4v) is 2.02. The first-order valence-electron chi connectivity index (χ1n) is 3.61. The van der Waals surface area contributed by atoms with E-state index >= 15 is 0 Å². The highest BCUT2D eigenvalue weighted by atomic mass is 79.9. The summed E-state index contributed by atoms with van der Waals surface area (Å²) >= 11 is 4.93. The molecule has 1 heterocycles. The van der Waals surface area contributed by atoms with Gasteiger partial charge in [0.1, 0.15) is 5.03 Å². The average molecular weight is 248 g/mol. The van der Waals surface area contributed by atoms with E-state index in [2.05, 4.69) is 20.9 Å². The molecule has 2 nitrogen and oxygen atoms in total. The van der Waals surface area contributed by atoms with Gasteiger partial charge in [-0.3, -0.25) is 0 Å². The van der Waals surface area contributed by atoms with E-state index in [-0.39, 0.29) is 6.10 Å². The zero-order valence-corrected chi connectivity index (χ0v) is 9.10. The summed E-state index contributed by atoms with van der Waals surface area (Å²) < 4.78 is 0.982. The Hall–Kier alpha value is -0.0600. The third-order valence-electron chi connectivity index (χ3n) is 1.19. The van der Waals surface area contributed by atoms with Crippen molar-refractivity contribution in [3.05, 3.63) is 22.8 Å². The zero-order valence-electron chi connectivity index (χ0n) is 6.70. The van der Waals surface area contributed by atoms with E-state index in [1.807, 2.05) is 12.1 Å². The predicted octanol–water partition coefficient (Wildman–Crippen LogP) is 2.32. The molecule has 1 unspecified atom stereocenters. The topological polar surface area (TPSA) is 33.1 Å². The van der Waals surface area contributed by atoms with E-state index in [1.165, 1.54) is 0 Å². The molecule has 0 saturated heterocycles. The molecule has 4 heteroatoms. The minimum Gasteiger partial charge on any atom is -0.393 e. The Labute approximate surface area is 84.5 Å². The van der Waals surface area contributed by atoms with E-state index in [9.17, 15) is 0 Å². The smallest absolute Gasteiger partial charge is 0.110 e. The van der Waals surface area contributed by atoms with Crippen LogP contribution in [0.2, 0.25) is 0 Å². The van der Waals surface area contributed by atoms with Crippen LogP contribution >= 0.6 is 27.7 Å². The SMILES string of the molecule is CC(O)CSc1ncccc1Br. The number of nitrogens with zero attached hydrogens (tertiary/aromatic N) is 1. The van der Waals surface area contributed by atoms with Gasteiger partial charge < -0.3 is 5.11 Å². The maximum Gasteiger partial charge on any atom is 0.110 e. The van der Waals surface area contributed by atoms with Gasteiger partial charge in [-0.2, -0.15) is 0 Å². The monoisotopic (exact) mass is 247 g/mol. The molecule has 0 spiro atoms. The van der Waals surface area contributed by atoms with Gasteiger partial charge in [0.15, 0.2) is 0 Å². The van der Waals surface area contributed by atoms with Crippen molar-refractivity contribution in [3.8, 4) is 0 Å². The molecule has 0 aliphatic rings. The molecule has 0 radical (unpaired) electrons. The van der Waals surface area contributed by atoms with Crippen LogP contribution in [-0.4, -0.2) is 21.9 Å². The summed E-state index contributed by atoms with van der Waals surface area (Å²) in [5, 5.41) is 9.97. The lowest BCUT2D eigenvalue weighted by Crippen LogP contribution is -2.02. The highest BCUT2D eigenvalue weighted by molar-refractivity contribution is 9.10. The molecule has 0 aliphatic heterocycles. The van der Waals surface area contributed by atoms with E-state index < -0.39 is 0 Å². The van der Waals surface area contributed by atoms with Crippen LogP contribution in [0, 0.1) is 0 Å². The highest BCUT2D eigenvalue weighted by Gasteiger charge is 2.02. The largest absolute Gasteiger partial charge is 0.393 e. The van der Waals surface area contributed by atoms with Crippen molar-refractivity contribution in [2.75, 3.05) is 5.75 Å². The van der Waals surface area contributed by atoms with Gasteiger partial charge in [-0.15, -0.1) is 11.8 Å². The summed E-state index contributed by atoms with van der Waals surface area (Å²) in [6.45, 7) is 1.77. The molecule has 0 amide bonds. The molecule has 1 atom stereocenters. The Morgan fingerprint density at radius 2 is 2.50 bits per heavy atom. The Balaban J connectivity index is 2.57. The van der Waals surface area contributed by atoms with Crippen LogP contribution in [0.5, 0.6) is 0 Å². The van der Waals surface area contributed by atoms with Crippen molar-refractivity contribution >= 4 is 27.7 Å². The van der Waals surface area contributed by atoms with Crippen LogP contribution in [0.15, 0.2) is 27.8 Å². The molecule has 12 heavy (non-hydrogen) atoms. The molecule has 0 bridgehead atoms. The van der Waals surface area contributed by atoms with Gasteiger partial charge in [-0.05, 0) is 35.0 Å². The zero-order chi connectivity index (χ0) is 8.97. The van der Waals surface area contributed by atoms with Crippen LogP contribution in [0.25, 0.3) is 0 Å². The summed E-state index contributed by atoms with van der Waals surface area (Å²) in [5.41, 5.74) is 0. The van der Waals surface area contributed by atoms with Gasteiger partial charge in [0.2, 0.25) is 0 Å². The summed E-state index contributed by atoms with van der Waals surface area (Å²) in [5.74, 6) is 0.676. The number of hydrogen-bond acceptors (Lipinski definition) is 3. The maximum absolute atomic E-state index is 9.04. The first-order valence-corrected chi connectivity index (χ1v) is 5.39. The molecule has 0 aliphatic carbocycles. The Morgan fingerprint density at radius 3 is 3.08 bits per heavy atom. The fraction of sp³-hybridized carbons (Fsp3) is 0.375. The minimum atomic E-state index is -0.288. The summed E-state index contributed by atoms with van der Waals surface area (Å²) in [6, 6.07) is 3.81. The summed E-state index contributed by atoms with van der Waals surface area (Å²) in [7, 11) is 0. The number of rotatable bonds is 3. The molecule has 0 saturated carbocycles. The number of hydrogen-bond donors (Lipinski definition) is 1. The molecular weight excluding hydrogens is 238 g/mol. The molecule has 0 fully saturated rings. The lowest BCUT2D eigenvalue weighted by Gasteiger charge is -2.03. The van der Waals surface area contributed by atoms with Crippen molar-refractivity contribution in [1.82, 2.24) is 4.98 Å². The van der Waals surface area contributed by atoms with Crippen molar-refractivity contribution < 1.29 is 5.11 Å². The van der Waals surface area contributed by atoms with Gasteiger partial charge in [0.05, 0.1) is 6.10 Å². The normalized spacial score (nSPS) is 12.9. The number of aliphatic hydroxyl groups excluding tert-OH is 1. The molecule has 1 rings (SSSR count). The third-order valence-corrected chi connectivity index (χ3v) is 3.34. The lowest BCUT2D eigenvalue weighted by molar-refractivity contribution is 0.220. The van der Waals surface area contributed by atoms with E-state index in [0.29, 0.717) is 5.75 Å². The van der Waals surface area contributed by atoms with Crippen molar-refractivity contribution in [3.63, 3.8) is 0 Å². The second-order valence-corrected chi connectivity index (χ2v) is 4.31. The first kappa shape index (κ1) is 10.0. The second-order valence-electron chi connectivity index (χ2n) is 2.45. The lowest BCUT2D eigenvalue weighted by atomic mass is 10.5. The Bertz CT molecular complexity index is 255. The third kappa shape index (κ3) is 3.13. The van der Waals surface area contributed by atoms with Crippen LogP contribution in [-0.2, 0) is 0 Å². The average Bonchev–Trinajstić information content (AvgIpc) is 2.03. The maximum atomic E-state index is 9.04. The van der Waals surface area contributed by atoms with E-state index in [1.54, 1.807) is 24.9 Å². The predicted molar refractivity (Wildman–Crippen MR) is 54.3 cm³/mol. The number of halogens is 1. The Morgan fingerprint density at radius 1 is 1.75 bits per heavy atom. The highest BCUT2D eigenvalue weighted by Crippen LogP contribution is 2.24.